The van der Waals surface area contributed by atoms with Crippen molar-refractivity contribution in [3.63, 3.8) is 0 Å². The van der Waals surface area contributed by atoms with Gasteiger partial charge in [-0.1, -0.05) is 13.8 Å². The van der Waals surface area contributed by atoms with E-state index in [1.807, 2.05) is 17.9 Å². The van der Waals surface area contributed by atoms with Crippen LogP contribution in [0.25, 0.3) is 0 Å². The molecule has 0 aromatic carbocycles. The van der Waals surface area contributed by atoms with Crippen molar-refractivity contribution in [2.24, 2.45) is 5.84 Å². The normalized spacial score (nSPS) is 18.9. The van der Waals surface area contributed by atoms with E-state index in [9.17, 15) is 4.79 Å². The van der Waals surface area contributed by atoms with Crippen molar-refractivity contribution in [1.29, 1.82) is 0 Å². The largest absolute Gasteiger partial charge is 0.336 e. The highest BCUT2D eigenvalue weighted by molar-refractivity contribution is 5.95. The highest BCUT2D eigenvalue weighted by atomic mass is 16.2. The fourth-order valence-corrected chi connectivity index (χ4v) is 2.82. The van der Waals surface area contributed by atoms with Gasteiger partial charge in [-0.2, -0.15) is 0 Å². The first kappa shape index (κ1) is 14.8. The second-order valence-corrected chi connectivity index (χ2v) is 5.29. The number of aromatic nitrogens is 1. The second-order valence-electron chi connectivity index (χ2n) is 5.29. The number of pyridine rings is 1. The van der Waals surface area contributed by atoms with Crippen molar-refractivity contribution in [3.8, 4) is 0 Å². The number of nitrogens with one attached hydrogen (secondary N) is 1. The van der Waals surface area contributed by atoms with Gasteiger partial charge < -0.3 is 10.3 Å². The van der Waals surface area contributed by atoms with Crippen LogP contribution >= 0.6 is 0 Å². The fourth-order valence-electron chi connectivity index (χ4n) is 2.82. The third-order valence-corrected chi connectivity index (χ3v) is 3.99. The van der Waals surface area contributed by atoms with Crippen LogP contribution in [0.5, 0.6) is 0 Å². The lowest BCUT2D eigenvalue weighted by molar-refractivity contribution is 0.0608. The van der Waals surface area contributed by atoms with E-state index >= 15 is 0 Å². The Kier molecular flexibility index (Phi) is 4.95. The number of amides is 1. The smallest absolute Gasteiger partial charge is 0.254 e. The van der Waals surface area contributed by atoms with E-state index in [1.54, 1.807) is 6.07 Å². The molecule has 1 saturated heterocycles. The van der Waals surface area contributed by atoms with Crippen molar-refractivity contribution in [1.82, 2.24) is 9.88 Å². The maximum atomic E-state index is 12.7. The zero-order chi connectivity index (χ0) is 14.5. The Balaban J connectivity index is 2.27. The van der Waals surface area contributed by atoms with E-state index in [2.05, 4.69) is 17.3 Å². The number of piperidine rings is 1. The first-order chi connectivity index (χ1) is 9.69. The average Bonchev–Trinajstić information content (AvgIpc) is 2.53. The number of aryl methyl sites for hydroxylation is 1. The molecule has 20 heavy (non-hydrogen) atoms. The Morgan fingerprint density at radius 3 is 2.90 bits per heavy atom. The van der Waals surface area contributed by atoms with Gasteiger partial charge in [0.05, 0.1) is 0 Å². The molecule has 1 aromatic rings. The number of rotatable bonds is 4. The van der Waals surface area contributed by atoms with E-state index in [-0.39, 0.29) is 5.91 Å². The molecule has 1 aliphatic heterocycles. The molecule has 1 fully saturated rings. The quantitative estimate of drug-likeness (QED) is 0.654. The molecule has 1 amide bonds. The van der Waals surface area contributed by atoms with Crippen LogP contribution in [0.2, 0.25) is 0 Å². The number of carbonyl (C=O) groups is 1. The summed E-state index contributed by atoms with van der Waals surface area (Å²) >= 11 is 0. The van der Waals surface area contributed by atoms with Gasteiger partial charge in [-0.25, -0.2) is 10.8 Å². The van der Waals surface area contributed by atoms with Gasteiger partial charge in [0.25, 0.3) is 5.91 Å². The third kappa shape index (κ3) is 3.10. The molecule has 1 atom stereocenters. The highest BCUT2D eigenvalue weighted by Crippen LogP contribution is 2.22. The van der Waals surface area contributed by atoms with Gasteiger partial charge in [-0.05, 0) is 44.2 Å². The van der Waals surface area contributed by atoms with Crippen molar-refractivity contribution >= 4 is 11.7 Å². The van der Waals surface area contributed by atoms with Crippen molar-refractivity contribution < 1.29 is 4.79 Å². The van der Waals surface area contributed by atoms with E-state index in [0.29, 0.717) is 17.4 Å². The summed E-state index contributed by atoms with van der Waals surface area (Å²) in [7, 11) is 0. The minimum absolute atomic E-state index is 0.102. The zero-order valence-corrected chi connectivity index (χ0v) is 12.4. The molecule has 5 heteroatoms. The Morgan fingerprint density at radius 1 is 1.45 bits per heavy atom. The molecule has 2 rings (SSSR count). The number of nitrogen functional groups attached to an aromatic ring is 1. The maximum Gasteiger partial charge on any atom is 0.254 e. The summed E-state index contributed by atoms with van der Waals surface area (Å²) in [4.78, 5) is 19.1. The molecule has 0 aliphatic carbocycles. The number of hydrogen-bond acceptors (Lipinski definition) is 4. The molecule has 3 N–H and O–H groups in total. The van der Waals surface area contributed by atoms with E-state index < -0.39 is 0 Å². The lowest BCUT2D eigenvalue weighted by Gasteiger charge is -2.35. The molecule has 0 bridgehead atoms. The third-order valence-electron chi connectivity index (χ3n) is 3.99. The van der Waals surface area contributed by atoms with Crippen LogP contribution < -0.4 is 11.3 Å². The predicted octanol–water partition coefficient (Wildman–Crippen LogP) is 2.33. The number of hydrogen-bond donors (Lipinski definition) is 2. The monoisotopic (exact) mass is 276 g/mol. The number of hydrazine groups is 1. The van der Waals surface area contributed by atoms with Gasteiger partial charge in [-0.3, -0.25) is 4.79 Å². The van der Waals surface area contributed by atoms with Gasteiger partial charge in [0, 0.05) is 23.8 Å². The number of anilines is 1. The van der Waals surface area contributed by atoms with Gasteiger partial charge in [0.1, 0.15) is 5.82 Å². The number of carbonyl (C=O) groups excluding carboxylic acids is 1. The summed E-state index contributed by atoms with van der Waals surface area (Å²) in [6.45, 7) is 5.02. The molecule has 5 nitrogen and oxygen atoms in total. The Bertz CT molecular complexity index is 453. The molecule has 0 spiro atoms. The lowest BCUT2D eigenvalue weighted by atomic mass is 9.99. The summed E-state index contributed by atoms with van der Waals surface area (Å²) in [5.41, 5.74) is 4.11. The van der Waals surface area contributed by atoms with Crippen LogP contribution in [0.3, 0.4) is 0 Å². The van der Waals surface area contributed by atoms with Gasteiger partial charge >= 0.3 is 0 Å². The van der Waals surface area contributed by atoms with Gasteiger partial charge in [0.15, 0.2) is 0 Å². The molecular weight excluding hydrogens is 252 g/mol. The summed E-state index contributed by atoms with van der Waals surface area (Å²) in [5, 5.41) is 0. The highest BCUT2D eigenvalue weighted by Gasteiger charge is 2.26. The van der Waals surface area contributed by atoms with Crippen LogP contribution in [-0.4, -0.2) is 28.4 Å². The van der Waals surface area contributed by atoms with Gasteiger partial charge in [-0.15, -0.1) is 0 Å². The summed E-state index contributed by atoms with van der Waals surface area (Å²) in [6.07, 6.45) is 5.22. The van der Waals surface area contributed by atoms with Crippen LogP contribution in [0, 0.1) is 0 Å². The SMILES string of the molecule is CCc1cc(C(=O)N2CCCCC2CC)cc(NN)n1. The number of likely N-dealkylation sites (tertiary alicyclic amines) is 1. The number of nitrogens with two attached hydrogens (primary N) is 1. The molecule has 1 aromatic heterocycles. The average molecular weight is 276 g/mol. The summed E-state index contributed by atoms with van der Waals surface area (Å²) in [6, 6.07) is 3.98. The van der Waals surface area contributed by atoms with Crippen molar-refractivity contribution in [2.75, 3.05) is 12.0 Å². The van der Waals surface area contributed by atoms with Crippen LogP contribution in [0.1, 0.15) is 55.6 Å². The molecule has 2 heterocycles. The van der Waals surface area contributed by atoms with Crippen molar-refractivity contribution in [3.05, 3.63) is 23.4 Å². The first-order valence-electron chi connectivity index (χ1n) is 7.48. The minimum atomic E-state index is 0.102. The Labute approximate surface area is 120 Å². The van der Waals surface area contributed by atoms with Crippen LogP contribution in [0.4, 0.5) is 5.82 Å². The van der Waals surface area contributed by atoms with Crippen LogP contribution in [-0.2, 0) is 6.42 Å². The minimum Gasteiger partial charge on any atom is -0.336 e. The molecule has 0 saturated carbocycles. The number of nitrogens with zero attached hydrogens (tertiary/aromatic N) is 2. The Morgan fingerprint density at radius 2 is 2.25 bits per heavy atom. The zero-order valence-electron chi connectivity index (χ0n) is 12.4. The molecule has 1 unspecified atom stereocenters. The molecule has 1 aliphatic rings. The van der Waals surface area contributed by atoms with Crippen LogP contribution in [0.15, 0.2) is 12.1 Å². The molecular formula is C15H24N4O. The summed E-state index contributed by atoms with van der Waals surface area (Å²) < 4.78 is 0. The van der Waals surface area contributed by atoms with E-state index in [0.717, 1.165) is 37.9 Å². The molecule has 110 valence electrons. The maximum absolute atomic E-state index is 12.7. The first-order valence-corrected chi connectivity index (χ1v) is 7.48. The fraction of sp³-hybridized carbons (Fsp3) is 0.600. The van der Waals surface area contributed by atoms with Gasteiger partial charge in [0.2, 0.25) is 0 Å². The summed E-state index contributed by atoms with van der Waals surface area (Å²) in [5.74, 6) is 6.09. The second kappa shape index (κ2) is 6.70. The Hall–Kier alpha value is -1.62. The molecule has 0 radical (unpaired) electrons. The lowest BCUT2D eigenvalue weighted by Crippen LogP contribution is -2.43. The van der Waals surface area contributed by atoms with Crippen molar-refractivity contribution in [2.45, 2.75) is 52.0 Å². The van der Waals surface area contributed by atoms with E-state index in [1.165, 1.54) is 6.42 Å². The predicted molar refractivity (Wildman–Crippen MR) is 80.4 cm³/mol. The topological polar surface area (TPSA) is 71.2 Å². The standard InChI is InChI=1S/C15H24N4O/c1-3-12-9-11(10-14(17-12)18-16)15(20)19-8-6-5-7-13(19)4-2/h9-10,13H,3-8,16H2,1-2H3,(H,17,18). The van der Waals surface area contributed by atoms with E-state index in [4.69, 9.17) is 5.84 Å².